The molecule has 0 aromatic carbocycles. The molecule has 0 radical (unpaired) electrons. The lowest BCUT2D eigenvalue weighted by atomic mass is 9.99. The van der Waals surface area contributed by atoms with Crippen molar-refractivity contribution in [1.29, 1.82) is 0 Å². The van der Waals surface area contributed by atoms with Crippen molar-refractivity contribution < 1.29 is 39.8 Å². The van der Waals surface area contributed by atoms with Gasteiger partial charge in [-0.25, -0.2) is 0 Å². The molecule has 79 heavy (non-hydrogen) atoms. The molecule has 1 rings (SSSR count). The molecule has 0 saturated carbocycles. The lowest BCUT2D eigenvalue weighted by Gasteiger charge is -2.40. The van der Waals surface area contributed by atoms with Gasteiger partial charge in [0.2, 0.25) is 5.91 Å². The van der Waals surface area contributed by atoms with Gasteiger partial charge in [-0.2, -0.15) is 0 Å². The zero-order chi connectivity index (χ0) is 57.2. The van der Waals surface area contributed by atoms with Gasteiger partial charge in [-0.15, -0.1) is 0 Å². The van der Waals surface area contributed by atoms with Crippen molar-refractivity contribution in [3.8, 4) is 0 Å². The Bertz CT molecular complexity index is 1470. The Kier molecular flexibility index (Phi) is 55.6. The number of aliphatic hydroxyl groups is 5. The van der Waals surface area contributed by atoms with Crippen LogP contribution in [0.5, 0.6) is 0 Å². The second-order valence-electron chi connectivity index (χ2n) is 23.2. The molecule has 1 heterocycles. The van der Waals surface area contributed by atoms with E-state index in [4.69, 9.17) is 9.47 Å². The monoisotopic (exact) mass is 1110 g/mol. The van der Waals surface area contributed by atoms with Gasteiger partial charge >= 0.3 is 0 Å². The van der Waals surface area contributed by atoms with Crippen molar-refractivity contribution in [1.82, 2.24) is 5.32 Å². The Hall–Kier alpha value is -2.37. The molecule has 1 saturated heterocycles. The first-order valence-electron chi connectivity index (χ1n) is 33.7. The highest BCUT2D eigenvalue weighted by Gasteiger charge is 2.44. The van der Waals surface area contributed by atoms with Gasteiger partial charge in [-0.05, 0) is 70.6 Å². The van der Waals surface area contributed by atoms with E-state index in [0.29, 0.717) is 6.42 Å². The molecule has 7 atom stereocenters. The van der Waals surface area contributed by atoms with Crippen LogP contribution < -0.4 is 5.32 Å². The highest BCUT2D eigenvalue weighted by molar-refractivity contribution is 5.76. The first kappa shape index (κ1) is 74.6. The summed E-state index contributed by atoms with van der Waals surface area (Å²) in [7, 11) is 0. The number of unbranched alkanes of at least 4 members (excludes halogenated alkanes) is 38. The summed E-state index contributed by atoms with van der Waals surface area (Å²) in [5.74, 6) is -0.182. The molecule has 0 aliphatic carbocycles. The highest BCUT2D eigenvalue weighted by Crippen LogP contribution is 2.23. The predicted molar refractivity (Wildman–Crippen MR) is 336 cm³/mol. The standard InChI is InChI=1S/C70H127NO8/c1-3-5-7-9-11-13-15-17-19-21-22-23-24-25-26-27-28-29-30-31-32-33-34-35-36-37-38-39-40-41-42-44-46-48-50-52-54-56-58-60-66(74)71-63(62-78-70-69(77)68(76)67(75)65(61-72)79-70)64(73)59-57-55-53-51-49-47-45-43-20-18-16-14-12-10-8-6-4-2/h5,7,11,13,17,19,22-23,49,51,57,59,63-65,67-70,72-73,75-77H,3-4,6,8-10,12,14-16,18,20-21,24-48,50,52-56,58,60-62H2,1-2H3,(H,71,74)/b7-5-,13-11-,19-17-,23-22-,51-49+,59-57+. The minimum absolute atomic E-state index is 0.182. The summed E-state index contributed by atoms with van der Waals surface area (Å²) in [4.78, 5) is 13.1. The number of amides is 1. The summed E-state index contributed by atoms with van der Waals surface area (Å²) in [6.07, 6.45) is 75.9. The second-order valence-corrected chi connectivity index (χ2v) is 23.2. The van der Waals surface area contributed by atoms with Gasteiger partial charge in [-0.3, -0.25) is 4.79 Å². The molecule has 9 nitrogen and oxygen atoms in total. The third-order valence-corrected chi connectivity index (χ3v) is 15.8. The predicted octanol–water partition coefficient (Wildman–Crippen LogP) is 18.0. The quantitative estimate of drug-likeness (QED) is 0.0261. The largest absolute Gasteiger partial charge is 0.394 e. The maximum absolute atomic E-state index is 13.1. The molecule has 0 spiro atoms. The van der Waals surface area contributed by atoms with Crippen molar-refractivity contribution in [3.63, 3.8) is 0 Å². The number of carbonyl (C=O) groups is 1. The molecule has 0 aromatic rings. The number of nitrogens with one attached hydrogen (secondary N) is 1. The minimum atomic E-state index is -1.57. The van der Waals surface area contributed by atoms with Crippen LogP contribution in [0.1, 0.15) is 309 Å². The van der Waals surface area contributed by atoms with Crippen LogP contribution in [0.2, 0.25) is 0 Å². The molecule has 6 N–H and O–H groups in total. The summed E-state index contributed by atoms with van der Waals surface area (Å²) >= 11 is 0. The molecule has 1 amide bonds. The van der Waals surface area contributed by atoms with Gasteiger partial charge in [0.05, 0.1) is 25.4 Å². The van der Waals surface area contributed by atoms with Gasteiger partial charge < -0.3 is 40.3 Å². The van der Waals surface area contributed by atoms with Crippen LogP contribution in [0, 0.1) is 0 Å². The van der Waals surface area contributed by atoms with E-state index in [1.807, 2.05) is 6.08 Å². The molecule has 9 heteroatoms. The Morgan fingerprint density at radius 1 is 0.443 bits per heavy atom. The zero-order valence-corrected chi connectivity index (χ0v) is 51.4. The number of ether oxygens (including phenoxy) is 2. The van der Waals surface area contributed by atoms with E-state index in [1.54, 1.807) is 6.08 Å². The fraction of sp³-hybridized carbons (Fsp3) is 0.814. The van der Waals surface area contributed by atoms with Crippen LogP contribution in [-0.4, -0.2) is 87.5 Å². The third-order valence-electron chi connectivity index (χ3n) is 15.8. The Labute approximate surface area is 487 Å². The summed E-state index contributed by atoms with van der Waals surface area (Å²) in [5, 5.41) is 54.6. The van der Waals surface area contributed by atoms with E-state index in [1.165, 1.54) is 225 Å². The highest BCUT2D eigenvalue weighted by atomic mass is 16.7. The van der Waals surface area contributed by atoms with E-state index in [-0.39, 0.29) is 12.5 Å². The van der Waals surface area contributed by atoms with Crippen LogP contribution in [0.15, 0.2) is 72.9 Å². The van der Waals surface area contributed by atoms with Crippen molar-refractivity contribution >= 4 is 5.91 Å². The van der Waals surface area contributed by atoms with E-state index < -0.39 is 49.5 Å². The lowest BCUT2D eigenvalue weighted by Crippen LogP contribution is -2.60. The smallest absolute Gasteiger partial charge is 0.220 e. The molecule has 0 aromatic heterocycles. The van der Waals surface area contributed by atoms with Crippen molar-refractivity contribution in [2.75, 3.05) is 13.2 Å². The summed E-state index contributed by atoms with van der Waals surface area (Å²) < 4.78 is 11.3. The number of hydrogen-bond acceptors (Lipinski definition) is 8. The summed E-state index contributed by atoms with van der Waals surface area (Å²) in [5.41, 5.74) is 0. The number of hydrogen-bond donors (Lipinski definition) is 6. The molecule has 1 aliphatic heterocycles. The van der Waals surface area contributed by atoms with Crippen LogP contribution in [0.4, 0.5) is 0 Å². The van der Waals surface area contributed by atoms with Crippen LogP contribution in [-0.2, 0) is 14.3 Å². The SMILES string of the molecule is CC/C=C\C/C=C\C/C=C\C/C=C\CCCCCCCCCCCCCCCCCCCCCCCCCCCCC(=O)NC(COC1OC(CO)C(O)C(O)C1O)C(O)/C=C/CC/C=C/CCCCCCCCCCCCC. The van der Waals surface area contributed by atoms with E-state index >= 15 is 0 Å². The topological polar surface area (TPSA) is 149 Å². The average molecular weight is 1110 g/mol. The normalized spacial score (nSPS) is 19.0. The van der Waals surface area contributed by atoms with E-state index in [0.717, 1.165) is 64.2 Å². The number of rotatable bonds is 58. The van der Waals surface area contributed by atoms with Gasteiger partial charge in [0.25, 0.3) is 0 Å². The number of aliphatic hydroxyl groups excluding tert-OH is 5. The van der Waals surface area contributed by atoms with Crippen molar-refractivity contribution in [2.45, 2.75) is 352 Å². The lowest BCUT2D eigenvalue weighted by molar-refractivity contribution is -0.302. The van der Waals surface area contributed by atoms with Crippen molar-refractivity contribution in [3.05, 3.63) is 72.9 Å². The van der Waals surface area contributed by atoms with Crippen LogP contribution in [0.25, 0.3) is 0 Å². The maximum atomic E-state index is 13.1. The second kappa shape index (κ2) is 58.8. The molecule has 7 unspecified atom stereocenters. The molecular weight excluding hydrogens is 983 g/mol. The molecule has 0 bridgehead atoms. The Balaban J connectivity index is 2.06. The van der Waals surface area contributed by atoms with Gasteiger partial charge in [0, 0.05) is 6.42 Å². The Morgan fingerprint density at radius 3 is 1.22 bits per heavy atom. The first-order chi connectivity index (χ1) is 38.8. The molecule has 1 fully saturated rings. The van der Waals surface area contributed by atoms with Gasteiger partial charge in [0.1, 0.15) is 24.4 Å². The van der Waals surface area contributed by atoms with Crippen LogP contribution >= 0.6 is 0 Å². The fourth-order valence-corrected chi connectivity index (χ4v) is 10.5. The van der Waals surface area contributed by atoms with Gasteiger partial charge in [0.15, 0.2) is 6.29 Å². The minimum Gasteiger partial charge on any atom is -0.394 e. The first-order valence-corrected chi connectivity index (χ1v) is 33.7. The Morgan fingerprint density at radius 2 is 0.797 bits per heavy atom. The number of allylic oxidation sites excluding steroid dienone is 11. The summed E-state index contributed by atoms with van der Waals surface area (Å²) in [6, 6.07) is -0.822. The van der Waals surface area contributed by atoms with E-state index in [9.17, 15) is 30.3 Å². The molecule has 460 valence electrons. The average Bonchev–Trinajstić information content (AvgIpc) is 3.48. The zero-order valence-electron chi connectivity index (χ0n) is 51.4. The third kappa shape index (κ3) is 47.8. The molecule has 1 aliphatic rings. The fourth-order valence-electron chi connectivity index (χ4n) is 10.5. The van der Waals surface area contributed by atoms with E-state index in [2.05, 4.69) is 79.9 Å². The summed E-state index contributed by atoms with van der Waals surface area (Å²) in [6.45, 7) is 3.67. The number of carbonyl (C=O) groups excluding carboxylic acids is 1. The van der Waals surface area contributed by atoms with Crippen molar-refractivity contribution in [2.24, 2.45) is 0 Å². The maximum Gasteiger partial charge on any atom is 0.220 e. The molecular formula is C70H127NO8. The van der Waals surface area contributed by atoms with Crippen LogP contribution in [0.3, 0.4) is 0 Å². The van der Waals surface area contributed by atoms with Gasteiger partial charge in [-0.1, -0.05) is 305 Å².